The van der Waals surface area contributed by atoms with Crippen LogP contribution in [0.2, 0.25) is 0 Å². The highest BCUT2D eigenvalue weighted by Crippen LogP contribution is 2.43. The second-order valence-electron chi connectivity index (χ2n) is 9.07. The summed E-state index contributed by atoms with van der Waals surface area (Å²) in [6.45, 7) is 8.45. The highest BCUT2D eigenvalue weighted by molar-refractivity contribution is 5.35. The molecule has 5 heterocycles. The summed E-state index contributed by atoms with van der Waals surface area (Å²) in [6, 6.07) is 16.0. The highest BCUT2D eigenvalue weighted by atomic mass is 15.2. The lowest BCUT2D eigenvalue weighted by molar-refractivity contribution is 0.198. The number of hydrogen-bond acceptors (Lipinski definition) is 6. The van der Waals surface area contributed by atoms with Crippen molar-refractivity contribution in [3.63, 3.8) is 0 Å². The summed E-state index contributed by atoms with van der Waals surface area (Å²) in [5.41, 5.74) is 8.63. The summed E-state index contributed by atoms with van der Waals surface area (Å²) in [6.07, 6.45) is 7.45. The number of nitrogens with one attached hydrogen (secondary N) is 2. The summed E-state index contributed by atoms with van der Waals surface area (Å²) in [5.74, 6) is 0. The molecule has 0 bridgehead atoms. The Balaban J connectivity index is 1.69. The minimum atomic E-state index is -0.0959. The molecular weight excluding hydrogens is 420 g/mol. The molecule has 1 saturated heterocycles. The largest absolute Gasteiger partial charge is 0.297 e. The molecule has 0 saturated carbocycles. The van der Waals surface area contributed by atoms with Crippen molar-refractivity contribution in [2.75, 3.05) is 0 Å². The second kappa shape index (κ2) is 9.41. The number of aryl methyl sites for hydroxylation is 4. The molecule has 0 aliphatic carbocycles. The summed E-state index contributed by atoms with van der Waals surface area (Å²) in [7, 11) is 0. The van der Waals surface area contributed by atoms with Crippen LogP contribution in [-0.4, -0.2) is 19.9 Å². The quantitative estimate of drug-likeness (QED) is 0.458. The highest BCUT2D eigenvalue weighted by Gasteiger charge is 2.43. The molecule has 0 aromatic carbocycles. The zero-order chi connectivity index (χ0) is 23.7. The van der Waals surface area contributed by atoms with E-state index in [2.05, 4.69) is 62.6 Å². The monoisotopic (exact) mass is 450 g/mol. The first-order chi connectivity index (χ1) is 16.5. The van der Waals surface area contributed by atoms with Crippen LogP contribution in [0.4, 0.5) is 0 Å². The van der Waals surface area contributed by atoms with Gasteiger partial charge in [0, 0.05) is 24.8 Å². The zero-order valence-corrected chi connectivity index (χ0v) is 20.0. The Morgan fingerprint density at radius 2 is 0.676 bits per heavy atom. The van der Waals surface area contributed by atoms with Crippen molar-refractivity contribution in [2.45, 2.75) is 51.9 Å². The van der Waals surface area contributed by atoms with Gasteiger partial charge in [0.05, 0.1) is 46.9 Å². The van der Waals surface area contributed by atoms with Crippen molar-refractivity contribution in [1.29, 1.82) is 0 Å². The third kappa shape index (κ3) is 4.11. The predicted molar refractivity (Wildman–Crippen MR) is 133 cm³/mol. The molecule has 172 valence electrons. The number of pyridine rings is 4. The van der Waals surface area contributed by atoms with Crippen LogP contribution < -0.4 is 10.6 Å². The maximum atomic E-state index is 4.81. The van der Waals surface area contributed by atoms with Gasteiger partial charge in [-0.25, -0.2) is 0 Å². The number of rotatable bonds is 4. The van der Waals surface area contributed by atoms with Gasteiger partial charge in [0.1, 0.15) is 0 Å². The van der Waals surface area contributed by atoms with Crippen molar-refractivity contribution in [3.05, 3.63) is 118 Å². The Morgan fingerprint density at radius 1 is 0.441 bits per heavy atom. The van der Waals surface area contributed by atoms with E-state index < -0.39 is 0 Å². The van der Waals surface area contributed by atoms with Crippen LogP contribution >= 0.6 is 0 Å². The Kier molecular flexibility index (Phi) is 6.18. The van der Waals surface area contributed by atoms with Gasteiger partial charge in [-0.3, -0.25) is 30.6 Å². The molecule has 2 N–H and O–H groups in total. The van der Waals surface area contributed by atoms with Crippen LogP contribution in [0.5, 0.6) is 0 Å². The van der Waals surface area contributed by atoms with Crippen LogP contribution in [0.25, 0.3) is 0 Å². The van der Waals surface area contributed by atoms with Gasteiger partial charge < -0.3 is 0 Å². The molecule has 4 aromatic heterocycles. The molecule has 0 amide bonds. The molecule has 6 nitrogen and oxygen atoms in total. The SMILES string of the molecule is Cc1cccnc1[C@H]1N[C@@H](c2ncccc2C)[C@H](c2ncccc2C)N[C@@H]1c1ncccc1C. The van der Waals surface area contributed by atoms with E-state index in [1.165, 1.54) is 0 Å². The maximum Gasteiger partial charge on any atom is 0.0717 e. The van der Waals surface area contributed by atoms with Crippen molar-refractivity contribution in [1.82, 2.24) is 30.6 Å². The van der Waals surface area contributed by atoms with E-state index in [4.69, 9.17) is 19.9 Å². The Labute approximate surface area is 200 Å². The molecule has 4 atom stereocenters. The van der Waals surface area contributed by atoms with Crippen LogP contribution in [0.3, 0.4) is 0 Å². The summed E-state index contributed by atoms with van der Waals surface area (Å²) in [5, 5.41) is 7.90. The molecule has 0 spiro atoms. The number of aromatic nitrogens is 4. The van der Waals surface area contributed by atoms with Gasteiger partial charge >= 0.3 is 0 Å². The molecule has 0 radical (unpaired) electrons. The van der Waals surface area contributed by atoms with Gasteiger partial charge in [-0.2, -0.15) is 0 Å². The van der Waals surface area contributed by atoms with Gasteiger partial charge in [-0.1, -0.05) is 24.3 Å². The van der Waals surface area contributed by atoms with E-state index in [9.17, 15) is 0 Å². The smallest absolute Gasteiger partial charge is 0.0717 e. The lowest BCUT2D eigenvalue weighted by atomic mass is 9.85. The van der Waals surface area contributed by atoms with Gasteiger partial charge in [0.25, 0.3) is 0 Å². The topological polar surface area (TPSA) is 75.6 Å². The fourth-order valence-corrected chi connectivity index (χ4v) is 5.01. The van der Waals surface area contributed by atoms with Gasteiger partial charge in [0.15, 0.2) is 0 Å². The molecule has 4 aromatic rings. The van der Waals surface area contributed by atoms with Crippen LogP contribution in [0.15, 0.2) is 73.3 Å². The zero-order valence-electron chi connectivity index (χ0n) is 20.0. The predicted octanol–water partition coefficient (Wildman–Crippen LogP) is 4.96. The Bertz CT molecular complexity index is 1100. The molecule has 5 rings (SSSR count). The summed E-state index contributed by atoms with van der Waals surface area (Å²) in [4.78, 5) is 19.2. The molecule has 0 unspecified atom stereocenters. The van der Waals surface area contributed by atoms with Crippen molar-refractivity contribution < 1.29 is 0 Å². The standard InChI is InChI=1S/C28H30N6/c1-17-9-5-13-29-21(17)25-26(22-18(2)10-6-14-30-22)34-28(24-20(4)12-8-16-32-24)27(33-25)23-19(3)11-7-15-31-23/h5-16,25-28,33-34H,1-4H3/t25-,26-,27+,28+. The maximum absolute atomic E-state index is 4.81. The summed E-state index contributed by atoms with van der Waals surface area (Å²) < 4.78 is 0. The average Bonchev–Trinajstić information content (AvgIpc) is 2.85. The molecule has 1 aliphatic heterocycles. The third-order valence-electron chi connectivity index (χ3n) is 6.76. The molecule has 1 fully saturated rings. The Hall–Kier alpha value is -3.48. The molecular formula is C28H30N6. The van der Waals surface area contributed by atoms with Crippen molar-refractivity contribution in [3.8, 4) is 0 Å². The van der Waals surface area contributed by atoms with Crippen molar-refractivity contribution in [2.24, 2.45) is 0 Å². The lowest BCUT2D eigenvalue weighted by Gasteiger charge is -2.44. The fraction of sp³-hybridized carbons (Fsp3) is 0.286. The van der Waals surface area contributed by atoms with E-state index in [-0.39, 0.29) is 24.2 Å². The fourth-order valence-electron chi connectivity index (χ4n) is 5.01. The number of nitrogens with zero attached hydrogens (tertiary/aromatic N) is 4. The Morgan fingerprint density at radius 3 is 0.882 bits per heavy atom. The van der Waals surface area contributed by atoms with Crippen LogP contribution in [-0.2, 0) is 0 Å². The van der Waals surface area contributed by atoms with Crippen molar-refractivity contribution >= 4 is 0 Å². The van der Waals surface area contributed by atoms with E-state index >= 15 is 0 Å². The van der Waals surface area contributed by atoms with E-state index in [1.807, 2.05) is 49.1 Å². The first-order valence-electron chi connectivity index (χ1n) is 11.7. The normalized spacial score (nSPS) is 22.5. The number of piperazine rings is 1. The third-order valence-corrected chi connectivity index (χ3v) is 6.76. The van der Waals surface area contributed by atoms with E-state index in [0.717, 1.165) is 45.0 Å². The van der Waals surface area contributed by atoms with Crippen LogP contribution in [0, 0.1) is 27.7 Å². The van der Waals surface area contributed by atoms with Gasteiger partial charge in [0.2, 0.25) is 0 Å². The molecule has 1 aliphatic rings. The van der Waals surface area contributed by atoms with Crippen LogP contribution in [0.1, 0.15) is 69.2 Å². The number of hydrogen-bond donors (Lipinski definition) is 2. The van der Waals surface area contributed by atoms with E-state index in [0.29, 0.717) is 0 Å². The molecule has 6 heteroatoms. The minimum Gasteiger partial charge on any atom is -0.297 e. The summed E-state index contributed by atoms with van der Waals surface area (Å²) >= 11 is 0. The lowest BCUT2D eigenvalue weighted by Crippen LogP contribution is -2.51. The first-order valence-corrected chi connectivity index (χ1v) is 11.7. The minimum absolute atomic E-state index is 0.0959. The second-order valence-corrected chi connectivity index (χ2v) is 9.07. The van der Waals surface area contributed by atoms with E-state index in [1.54, 1.807) is 0 Å². The average molecular weight is 451 g/mol. The van der Waals surface area contributed by atoms with Gasteiger partial charge in [-0.15, -0.1) is 0 Å². The molecule has 34 heavy (non-hydrogen) atoms. The van der Waals surface area contributed by atoms with Gasteiger partial charge in [-0.05, 0) is 74.2 Å². The first kappa shape index (κ1) is 22.3.